The summed E-state index contributed by atoms with van der Waals surface area (Å²) in [6.45, 7) is 2.23. The summed E-state index contributed by atoms with van der Waals surface area (Å²) < 4.78 is 0. The number of amides is 1. The normalized spacial score (nSPS) is 39.6. The summed E-state index contributed by atoms with van der Waals surface area (Å²) >= 11 is 2.07. The number of fused-ring (bicyclic) bond motifs is 2. The van der Waals surface area contributed by atoms with Gasteiger partial charge in [0.15, 0.2) is 0 Å². The standard InChI is InChI=1S/C18H32N2OS.ClH/c1-3-22-16-8-7-15(11-16)20(2)18(21)14-9-12-5-4-6-13(10-14)17(12)19;/h12-17H,3-11,19H2,1-2H3;1H. The van der Waals surface area contributed by atoms with Crippen LogP contribution < -0.4 is 5.73 Å². The third-order valence-corrected chi connectivity index (χ3v) is 7.65. The summed E-state index contributed by atoms with van der Waals surface area (Å²) in [5, 5.41) is 0.768. The first kappa shape index (κ1) is 19.4. The average molecular weight is 361 g/mol. The Balaban J connectivity index is 0.00000192. The molecule has 3 rings (SSSR count). The SMILES string of the molecule is CCSC1CCC(N(C)C(=O)C2CC3CCCC(C2)C3N)C1.Cl. The van der Waals surface area contributed by atoms with Gasteiger partial charge in [0.2, 0.25) is 5.91 Å². The maximum atomic E-state index is 13.0. The molecule has 3 saturated carbocycles. The highest BCUT2D eigenvalue weighted by Crippen LogP contribution is 2.43. The van der Waals surface area contributed by atoms with Crippen LogP contribution in [0.25, 0.3) is 0 Å². The zero-order valence-corrected chi connectivity index (χ0v) is 16.2. The second kappa shape index (κ2) is 8.44. The fraction of sp³-hybridized carbons (Fsp3) is 0.944. The Labute approximate surface area is 151 Å². The summed E-state index contributed by atoms with van der Waals surface area (Å²) in [5.74, 6) is 3.05. The molecule has 0 aromatic carbocycles. The van der Waals surface area contributed by atoms with E-state index in [1.54, 1.807) is 0 Å². The summed E-state index contributed by atoms with van der Waals surface area (Å²) in [5.41, 5.74) is 6.37. The van der Waals surface area contributed by atoms with Gasteiger partial charge in [-0.05, 0) is 62.5 Å². The highest BCUT2D eigenvalue weighted by Gasteiger charge is 2.42. The molecule has 4 atom stereocenters. The van der Waals surface area contributed by atoms with E-state index in [0.717, 1.165) is 18.1 Å². The van der Waals surface area contributed by atoms with Gasteiger partial charge in [0.25, 0.3) is 0 Å². The molecule has 0 aliphatic heterocycles. The number of nitrogens with zero attached hydrogens (tertiary/aromatic N) is 1. The van der Waals surface area contributed by atoms with Crippen LogP contribution in [-0.4, -0.2) is 40.9 Å². The maximum Gasteiger partial charge on any atom is 0.225 e. The third-order valence-electron chi connectivity index (χ3n) is 6.42. The molecule has 134 valence electrons. The first-order valence-corrected chi connectivity index (χ1v) is 10.3. The maximum absolute atomic E-state index is 13.0. The van der Waals surface area contributed by atoms with E-state index in [9.17, 15) is 4.79 Å². The summed E-state index contributed by atoms with van der Waals surface area (Å²) in [6, 6.07) is 0.840. The summed E-state index contributed by atoms with van der Waals surface area (Å²) in [4.78, 5) is 15.1. The van der Waals surface area contributed by atoms with E-state index < -0.39 is 0 Å². The van der Waals surface area contributed by atoms with E-state index in [2.05, 4.69) is 30.6 Å². The van der Waals surface area contributed by atoms with E-state index in [-0.39, 0.29) is 18.3 Å². The monoisotopic (exact) mass is 360 g/mol. The van der Waals surface area contributed by atoms with Gasteiger partial charge in [-0.15, -0.1) is 12.4 Å². The van der Waals surface area contributed by atoms with Gasteiger partial charge in [-0.25, -0.2) is 0 Å². The molecule has 4 unspecified atom stereocenters. The average Bonchev–Trinajstić information content (AvgIpc) is 2.94. The Morgan fingerprint density at radius 2 is 1.78 bits per heavy atom. The molecule has 0 radical (unpaired) electrons. The van der Waals surface area contributed by atoms with Crippen molar-refractivity contribution in [1.29, 1.82) is 0 Å². The van der Waals surface area contributed by atoms with Crippen LogP contribution >= 0.6 is 24.2 Å². The summed E-state index contributed by atoms with van der Waals surface area (Å²) in [6.07, 6.45) is 9.55. The predicted octanol–water partition coefficient (Wildman–Crippen LogP) is 3.69. The van der Waals surface area contributed by atoms with Crippen LogP contribution in [0.4, 0.5) is 0 Å². The van der Waals surface area contributed by atoms with Crippen LogP contribution in [0.5, 0.6) is 0 Å². The number of carbonyl (C=O) groups is 1. The molecule has 0 aromatic rings. The summed E-state index contributed by atoms with van der Waals surface area (Å²) in [7, 11) is 2.05. The number of carbonyl (C=O) groups excluding carboxylic acids is 1. The minimum Gasteiger partial charge on any atom is -0.342 e. The van der Waals surface area contributed by atoms with Crippen molar-refractivity contribution in [3.8, 4) is 0 Å². The lowest BCUT2D eigenvalue weighted by Gasteiger charge is -2.44. The van der Waals surface area contributed by atoms with Crippen molar-refractivity contribution in [2.45, 2.75) is 75.6 Å². The first-order chi connectivity index (χ1) is 10.6. The Morgan fingerprint density at radius 3 is 2.39 bits per heavy atom. The minimum atomic E-state index is 0. The second-order valence-electron chi connectivity index (χ2n) is 7.69. The first-order valence-electron chi connectivity index (χ1n) is 9.24. The molecule has 1 amide bonds. The highest BCUT2D eigenvalue weighted by molar-refractivity contribution is 7.99. The van der Waals surface area contributed by atoms with Crippen molar-refractivity contribution >= 4 is 30.1 Å². The van der Waals surface area contributed by atoms with E-state index in [4.69, 9.17) is 5.73 Å². The number of hydrogen-bond acceptors (Lipinski definition) is 3. The lowest BCUT2D eigenvalue weighted by molar-refractivity contribution is -0.139. The molecule has 0 spiro atoms. The molecular formula is C18H33ClN2OS. The topological polar surface area (TPSA) is 46.3 Å². The third kappa shape index (κ3) is 4.19. The van der Waals surface area contributed by atoms with Crippen LogP contribution in [0.1, 0.15) is 58.3 Å². The predicted molar refractivity (Wildman–Crippen MR) is 101 cm³/mol. The van der Waals surface area contributed by atoms with Gasteiger partial charge in [0.1, 0.15) is 0 Å². The number of nitrogens with two attached hydrogens (primary N) is 1. The van der Waals surface area contributed by atoms with E-state index in [0.29, 0.717) is 29.8 Å². The highest BCUT2D eigenvalue weighted by atomic mass is 35.5. The second-order valence-corrected chi connectivity index (χ2v) is 9.27. The lowest BCUT2D eigenvalue weighted by Crippen LogP contribution is -2.50. The van der Waals surface area contributed by atoms with Gasteiger partial charge < -0.3 is 10.6 Å². The fourth-order valence-corrected chi connectivity index (χ4v) is 6.25. The van der Waals surface area contributed by atoms with Gasteiger partial charge in [0.05, 0.1) is 0 Å². The zero-order valence-electron chi connectivity index (χ0n) is 14.6. The lowest BCUT2D eigenvalue weighted by atomic mass is 9.65. The fourth-order valence-electron chi connectivity index (χ4n) is 5.11. The zero-order chi connectivity index (χ0) is 15.7. The number of thioether (sulfide) groups is 1. The molecule has 3 nitrogen and oxygen atoms in total. The Kier molecular flexibility index (Phi) is 7.12. The van der Waals surface area contributed by atoms with Crippen molar-refractivity contribution in [2.75, 3.05) is 12.8 Å². The quantitative estimate of drug-likeness (QED) is 0.831. The molecule has 0 saturated heterocycles. The Hall–Kier alpha value is 0.0700. The van der Waals surface area contributed by atoms with Crippen molar-refractivity contribution in [1.82, 2.24) is 4.90 Å². The minimum absolute atomic E-state index is 0. The van der Waals surface area contributed by atoms with Gasteiger partial charge >= 0.3 is 0 Å². The van der Waals surface area contributed by atoms with E-state index >= 15 is 0 Å². The van der Waals surface area contributed by atoms with Crippen molar-refractivity contribution in [2.24, 2.45) is 23.5 Å². The Bertz CT molecular complexity index is 394. The van der Waals surface area contributed by atoms with Crippen LogP contribution in [-0.2, 0) is 4.79 Å². The van der Waals surface area contributed by atoms with Gasteiger partial charge in [0, 0.05) is 30.3 Å². The molecular weight excluding hydrogens is 328 g/mol. The van der Waals surface area contributed by atoms with Crippen molar-refractivity contribution in [3.05, 3.63) is 0 Å². The number of rotatable bonds is 4. The van der Waals surface area contributed by atoms with Gasteiger partial charge in [-0.2, -0.15) is 11.8 Å². The molecule has 3 aliphatic rings. The van der Waals surface area contributed by atoms with Crippen LogP contribution in [0, 0.1) is 17.8 Å². The van der Waals surface area contributed by atoms with Gasteiger partial charge in [-0.3, -0.25) is 4.79 Å². The number of halogens is 1. The van der Waals surface area contributed by atoms with Crippen LogP contribution in [0.2, 0.25) is 0 Å². The molecule has 3 aliphatic carbocycles. The van der Waals surface area contributed by atoms with E-state index in [1.807, 2.05) is 0 Å². The van der Waals surface area contributed by atoms with E-state index in [1.165, 1.54) is 44.3 Å². The molecule has 5 heteroatoms. The molecule has 0 aromatic heterocycles. The van der Waals surface area contributed by atoms with Crippen LogP contribution in [0.15, 0.2) is 0 Å². The number of hydrogen-bond donors (Lipinski definition) is 1. The van der Waals surface area contributed by atoms with Crippen molar-refractivity contribution < 1.29 is 4.79 Å². The van der Waals surface area contributed by atoms with Gasteiger partial charge in [-0.1, -0.05) is 13.3 Å². The molecule has 2 N–H and O–H groups in total. The van der Waals surface area contributed by atoms with Crippen molar-refractivity contribution in [3.63, 3.8) is 0 Å². The molecule has 2 bridgehead atoms. The molecule has 3 fully saturated rings. The van der Waals surface area contributed by atoms with Crippen LogP contribution in [0.3, 0.4) is 0 Å². The molecule has 0 heterocycles. The smallest absolute Gasteiger partial charge is 0.225 e. The Morgan fingerprint density at radius 1 is 1.13 bits per heavy atom. The molecule has 23 heavy (non-hydrogen) atoms. The largest absolute Gasteiger partial charge is 0.342 e.